The standard InChI is InChI=1S/C36H38F3N3O8/c1-21(19-40-33(46)36(37,38)39)17-22-20-42(34(47)41-32(22)45)29-18-26(43)30(50-29)31(44)35(23-11-5-4-6-12-23,24-13-7-9-15-27(24)48-2)25-14-8-10-16-28(25)49-3/h4-16,20-21,26,29-31,43-44H,17-19H2,1-3H3,(H,40,46)(H,41,45,47)/t21?,26-,29+,30-,31?/m0/s1. The van der Waals surface area contributed by atoms with E-state index in [1.54, 1.807) is 53.8 Å². The molecule has 1 saturated heterocycles. The molecule has 1 aromatic heterocycles. The van der Waals surface area contributed by atoms with E-state index >= 15 is 0 Å². The number of aromatic nitrogens is 2. The van der Waals surface area contributed by atoms with Gasteiger partial charge in [0.15, 0.2) is 0 Å². The van der Waals surface area contributed by atoms with Crippen LogP contribution in [0.25, 0.3) is 0 Å². The maximum Gasteiger partial charge on any atom is 0.471 e. The van der Waals surface area contributed by atoms with Crippen molar-refractivity contribution in [3.63, 3.8) is 0 Å². The monoisotopic (exact) mass is 697 g/mol. The van der Waals surface area contributed by atoms with Crippen LogP contribution in [0.2, 0.25) is 0 Å². The highest BCUT2D eigenvalue weighted by molar-refractivity contribution is 5.81. The van der Waals surface area contributed by atoms with Crippen LogP contribution in [0.3, 0.4) is 0 Å². The van der Waals surface area contributed by atoms with Crippen molar-refractivity contribution in [3.05, 3.63) is 128 Å². The number of amides is 1. The Morgan fingerprint density at radius 1 is 0.980 bits per heavy atom. The van der Waals surface area contributed by atoms with Gasteiger partial charge in [0.05, 0.1) is 25.7 Å². The first-order valence-corrected chi connectivity index (χ1v) is 15.9. The number of hydrogen-bond donors (Lipinski definition) is 4. The van der Waals surface area contributed by atoms with Crippen LogP contribution in [0.4, 0.5) is 13.2 Å². The number of halogens is 3. The van der Waals surface area contributed by atoms with Gasteiger partial charge in [-0.05, 0) is 30.0 Å². The minimum atomic E-state index is -5.05. The summed E-state index contributed by atoms with van der Waals surface area (Å²) in [5.41, 5.74) is -1.34. The number of para-hydroxylation sites is 2. The summed E-state index contributed by atoms with van der Waals surface area (Å²) in [4.78, 5) is 39.3. The summed E-state index contributed by atoms with van der Waals surface area (Å²) >= 11 is 0. The summed E-state index contributed by atoms with van der Waals surface area (Å²) in [5, 5.41) is 26.0. The predicted molar refractivity (Wildman–Crippen MR) is 176 cm³/mol. The van der Waals surface area contributed by atoms with E-state index in [-0.39, 0.29) is 24.9 Å². The molecule has 14 heteroatoms. The molecule has 4 aromatic rings. The minimum Gasteiger partial charge on any atom is -0.496 e. The molecule has 0 spiro atoms. The number of H-pyrrole nitrogens is 1. The van der Waals surface area contributed by atoms with Gasteiger partial charge in [-0.3, -0.25) is 19.1 Å². The molecule has 2 heterocycles. The average molecular weight is 698 g/mol. The third kappa shape index (κ3) is 7.04. The number of aliphatic hydroxyl groups is 2. The zero-order chi connectivity index (χ0) is 36.2. The summed E-state index contributed by atoms with van der Waals surface area (Å²) in [6.45, 7) is 1.16. The van der Waals surface area contributed by atoms with Crippen LogP contribution in [0.5, 0.6) is 11.5 Å². The van der Waals surface area contributed by atoms with Crippen LogP contribution in [-0.2, 0) is 21.4 Å². The predicted octanol–water partition coefficient (Wildman–Crippen LogP) is 3.45. The number of ether oxygens (including phenoxy) is 3. The van der Waals surface area contributed by atoms with E-state index in [4.69, 9.17) is 14.2 Å². The Labute approximate surface area is 285 Å². The van der Waals surface area contributed by atoms with Gasteiger partial charge in [0.25, 0.3) is 5.56 Å². The quantitative estimate of drug-likeness (QED) is 0.165. The lowest BCUT2D eigenvalue weighted by Crippen LogP contribution is -2.51. The molecular weight excluding hydrogens is 659 g/mol. The summed E-state index contributed by atoms with van der Waals surface area (Å²) in [5.74, 6) is -1.85. The Hall–Kier alpha value is -4.92. The number of nitrogens with zero attached hydrogens (tertiary/aromatic N) is 1. The zero-order valence-corrected chi connectivity index (χ0v) is 27.5. The Balaban J connectivity index is 1.56. The molecule has 0 bridgehead atoms. The van der Waals surface area contributed by atoms with Crippen molar-refractivity contribution in [1.82, 2.24) is 14.9 Å². The highest BCUT2D eigenvalue weighted by Crippen LogP contribution is 2.51. The number of benzene rings is 3. The minimum absolute atomic E-state index is 0.0436. The SMILES string of the molecule is COc1ccccc1C(c1ccccc1)(c1ccccc1OC)C(O)[C@H]1O[C@@H](n2cc(CC(C)CNC(=O)C(F)(F)F)c(=O)[nH]c2=O)C[C@@H]1O. The van der Waals surface area contributed by atoms with E-state index in [1.165, 1.54) is 27.3 Å². The lowest BCUT2D eigenvalue weighted by Gasteiger charge is -2.43. The molecule has 5 rings (SSSR count). The third-order valence-corrected chi connectivity index (χ3v) is 8.97. The lowest BCUT2D eigenvalue weighted by atomic mass is 9.63. The van der Waals surface area contributed by atoms with Crippen LogP contribution in [0, 0.1) is 5.92 Å². The Kier molecular flexibility index (Phi) is 10.8. The molecular formula is C36H38F3N3O8. The zero-order valence-electron chi connectivity index (χ0n) is 27.5. The Morgan fingerprint density at radius 2 is 1.54 bits per heavy atom. The topological polar surface area (TPSA) is 152 Å². The molecule has 1 aliphatic heterocycles. The van der Waals surface area contributed by atoms with Crippen molar-refractivity contribution in [1.29, 1.82) is 0 Å². The second-order valence-electron chi connectivity index (χ2n) is 12.2. The van der Waals surface area contributed by atoms with E-state index < -0.39 is 59.2 Å². The molecule has 5 atom stereocenters. The number of carbonyl (C=O) groups is 1. The summed E-state index contributed by atoms with van der Waals surface area (Å²) < 4.78 is 56.9. The van der Waals surface area contributed by atoms with E-state index in [9.17, 15) is 37.8 Å². The highest BCUT2D eigenvalue weighted by atomic mass is 19.4. The van der Waals surface area contributed by atoms with Crippen molar-refractivity contribution in [3.8, 4) is 11.5 Å². The molecule has 50 heavy (non-hydrogen) atoms. The molecule has 3 aromatic carbocycles. The summed E-state index contributed by atoms with van der Waals surface area (Å²) in [6.07, 6.45) is -9.40. The third-order valence-electron chi connectivity index (χ3n) is 8.97. The number of carbonyl (C=O) groups excluding carboxylic acids is 1. The van der Waals surface area contributed by atoms with Crippen LogP contribution < -0.4 is 26.0 Å². The van der Waals surface area contributed by atoms with Crippen LogP contribution in [0.15, 0.2) is 94.6 Å². The molecule has 2 unspecified atom stereocenters. The molecule has 0 aliphatic carbocycles. The number of aromatic amines is 1. The van der Waals surface area contributed by atoms with Crippen molar-refractivity contribution >= 4 is 5.91 Å². The van der Waals surface area contributed by atoms with E-state index in [0.29, 0.717) is 28.2 Å². The fourth-order valence-electron chi connectivity index (χ4n) is 6.67. The van der Waals surface area contributed by atoms with Gasteiger partial charge in [0.1, 0.15) is 29.9 Å². The van der Waals surface area contributed by atoms with Crippen molar-refractivity contribution in [2.24, 2.45) is 5.92 Å². The molecule has 1 fully saturated rings. The van der Waals surface area contributed by atoms with E-state index in [1.807, 2.05) is 30.3 Å². The van der Waals surface area contributed by atoms with Gasteiger partial charge in [0.2, 0.25) is 0 Å². The summed E-state index contributed by atoms with van der Waals surface area (Å²) in [7, 11) is 3.01. The van der Waals surface area contributed by atoms with Crippen LogP contribution in [0.1, 0.15) is 41.8 Å². The van der Waals surface area contributed by atoms with E-state index in [0.717, 1.165) is 4.57 Å². The van der Waals surface area contributed by atoms with E-state index in [2.05, 4.69) is 4.98 Å². The van der Waals surface area contributed by atoms with Gasteiger partial charge in [-0.25, -0.2) is 4.79 Å². The number of aliphatic hydroxyl groups excluding tert-OH is 2. The summed E-state index contributed by atoms with van der Waals surface area (Å²) in [6, 6.07) is 23.4. The van der Waals surface area contributed by atoms with Gasteiger partial charge in [-0.15, -0.1) is 0 Å². The van der Waals surface area contributed by atoms with Crippen molar-refractivity contribution in [2.75, 3.05) is 20.8 Å². The number of rotatable bonds is 12. The largest absolute Gasteiger partial charge is 0.496 e. The molecule has 11 nitrogen and oxygen atoms in total. The molecule has 266 valence electrons. The number of methoxy groups -OCH3 is 2. The van der Waals surface area contributed by atoms with Crippen LogP contribution in [-0.4, -0.2) is 70.9 Å². The smallest absolute Gasteiger partial charge is 0.471 e. The van der Waals surface area contributed by atoms with Gasteiger partial charge in [0, 0.05) is 35.9 Å². The Morgan fingerprint density at radius 3 is 2.10 bits per heavy atom. The second kappa shape index (κ2) is 14.9. The molecule has 4 N–H and O–H groups in total. The number of hydrogen-bond acceptors (Lipinski definition) is 8. The normalized spacial score (nSPS) is 19.1. The van der Waals surface area contributed by atoms with Gasteiger partial charge < -0.3 is 29.7 Å². The number of nitrogens with one attached hydrogen (secondary N) is 2. The Bertz CT molecular complexity index is 1870. The molecule has 1 amide bonds. The van der Waals surface area contributed by atoms with Gasteiger partial charge in [-0.2, -0.15) is 13.2 Å². The second-order valence-corrected chi connectivity index (χ2v) is 12.2. The molecule has 0 radical (unpaired) electrons. The number of alkyl halides is 3. The lowest BCUT2D eigenvalue weighted by molar-refractivity contribution is -0.173. The first kappa shape index (κ1) is 36.4. The molecule has 1 aliphatic rings. The van der Waals surface area contributed by atoms with Gasteiger partial charge >= 0.3 is 17.8 Å². The van der Waals surface area contributed by atoms with Crippen LogP contribution >= 0.6 is 0 Å². The fourth-order valence-corrected chi connectivity index (χ4v) is 6.67. The average Bonchev–Trinajstić information content (AvgIpc) is 3.49. The van der Waals surface area contributed by atoms with Gasteiger partial charge in [-0.1, -0.05) is 73.7 Å². The highest BCUT2D eigenvalue weighted by Gasteiger charge is 2.54. The first-order valence-electron chi connectivity index (χ1n) is 15.9. The maximum absolute atomic E-state index is 13.1. The fraction of sp³-hybridized carbons (Fsp3) is 0.361. The first-order chi connectivity index (χ1) is 23.8. The van der Waals surface area contributed by atoms with Crippen molar-refractivity contribution < 1.29 is 42.4 Å². The maximum atomic E-state index is 13.1. The molecule has 0 saturated carbocycles. The van der Waals surface area contributed by atoms with Crippen molar-refractivity contribution in [2.45, 2.75) is 55.9 Å².